The molecule has 0 aliphatic carbocycles. The highest BCUT2D eigenvalue weighted by molar-refractivity contribution is 14.1. The van der Waals surface area contributed by atoms with E-state index >= 15 is 0 Å². The van der Waals surface area contributed by atoms with E-state index in [1.54, 1.807) is 0 Å². The minimum atomic E-state index is -0.501. The average molecular weight is 445 g/mol. The number of carbonyl (C=O) groups excluding carboxylic acids is 2. The van der Waals surface area contributed by atoms with Crippen molar-refractivity contribution in [1.82, 2.24) is 8.85 Å². The summed E-state index contributed by atoms with van der Waals surface area (Å²) < 4.78 is 3.01. The first-order valence-corrected chi connectivity index (χ1v) is 9.32. The van der Waals surface area contributed by atoms with E-state index in [0.717, 1.165) is 5.56 Å². The molecule has 6 heteroatoms. The number of hydrogen-bond donors (Lipinski definition) is 3. The van der Waals surface area contributed by atoms with Crippen LogP contribution in [0.5, 0.6) is 0 Å². The number of halogens is 1. The monoisotopic (exact) mass is 445 g/mol. The van der Waals surface area contributed by atoms with Crippen LogP contribution in [0.2, 0.25) is 0 Å². The lowest BCUT2D eigenvalue weighted by atomic mass is 9.84. The molecule has 0 heterocycles. The van der Waals surface area contributed by atoms with E-state index in [9.17, 15) is 9.59 Å². The Bertz CT molecular complexity index is 529. The molecule has 2 atom stereocenters. The molecule has 0 fully saturated rings. The van der Waals surface area contributed by atoms with Crippen LogP contribution in [-0.4, -0.2) is 30.3 Å². The summed E-state index contributed by atoms with van der Waals surface area (Å²) in [6, 6.07) is 8.93. The van der Waals surface area contributed by atoms with Crippen LogP contribution in [0, 0.1) is 5.41 Å². The van der Waals surface area contributed by atoms with Gasteiger partial charge in [-0.1, -0.05) is 51.1 Å². The van der Waals surface area contributed by atoms with Gasteiger partial charge in [0.2, 0.25) is 5.91 Å². The number of carbonyl (C=O) groups is 2. The molecule has 1 aromatic carbocycles. The summed E-state index contributed by atoms with van der Waals surface area (Å²) in [7, 11) is 0. The summed E-state index contributed by atoms with van der Waals surface area (Å²) in [5.41, 5.74) is 6.14. The fourth-order valence-electron chi connectivity index (χ4n) is 2.42. The number of ketones is 1. The molecule has 0 spiro atoms. The van der Waals surface area contributed by atoms with Gasteiger partial charge in [0.25, 0.3) is 0 Å². The average Bonchev–Trinajstić information content (AvgIpc) is 2.55. The van der Waals surface area contributed by atoms with Crippen molar-refractivity contribution in [2.75, 3.05) is 6.54 Å². The summed E-state index contributed by atoms with van der Waals surface area (Å²) >= 11 is 1.98. The molecule has 0 aliphatic rings. The molecule has 4 N–H and O–H groups in total. The number of rotatable bonds is 9. The van der Waals surface area contributed by atoms with Crippen LogP contribution in [0.4, 0.5) is 0 Å². The van der Waals surface area contributed by atoms with Crippen molar-refractivity contribution in [2.24, 2.45) is 11.1 Å². The van der Waals surface area contributed by atoms with Crippen molar-refractivity contribution >= 4 is 34.6 Å². The fourth-order valence-corrected chi connectivity index (χ4v) is 2.92. The molecule has 0 bridgehead atoms. The maximum absolute atomic E-state index is 12.6. The normalized spacial score (nSPS) is 14.0. The van der Waals surface area contributed by atoms with E-state index in [4.69, 9.17) is 5.73 Å². The molecule has 5 nitrogen and oxygen atoms in total. The smallest absolute Gasteiger partial charge is 0.238 e. The maximum atomic E-state index is 12.6. The predicted molar refractivity (Wildman–Crippen MR) is 106 cm³/mol. The molecule has 24 heavy (non-hydrogen) atoms. The first-order valence-electron chi connectivity index (χ1n) is 8.24. The fraction of sp³-hybridized carbons (Fsp3) is 0.556. The Balaban J connectivity index is 2.78. The van der Waals surface area contributed by atoms with Crippen molar-refractivity contribution in [3.8, 4) is 0 Å². The summed E-state index contributed by atoms with van der Waals surface area (Å²) in [5, 5.41) is 2.92. The first-order chi connectivity index (χ1) is 11.3. The van der Waals surface area contributed by atoms with E-state index < -0.39 is 11.5 Å². The summed E-state index contributed by atoms with van der Waals surface area (Å²) in [5.74, 6) is -0.121. The van der Waals surface area contributed by atoms with E-state index in [-0.39, 0.29) is 17.7 Å². The zero-order valence-electron chi connectivity index (χ0n) is 14.6. The Morgan fingerprint density at radius 1 is 1.17 bits per heavy atom. The number of hydrogen-bond acceptors (Lipinski definition) is 4. The second-order valence-electron chi connectivity index (χ2n) is 6.96. The minimum Gasteiger partial charge on any atom is -0.345 e. The van der Waals surface area contributed by atoms with Gasteiger partial charge in [0.1, 0.15) is 0 Å². The van der Waals surface area contributed by atoms with E-state index in [1.807, 2.05) is 74.0 Å². The molecule has 1 amide bonds. The minimum absolute atomic E-state index is 0.0382. The molecular weight excluding hydrogens is 417 g/mol. The SMILES string of the molecule is CC(C)(C)C(=O)C(CCCN)NC(=O)C(Cc1ccccc1)NI. The molecule has 0 saturated heterocycles. The van der Waals surface area contributed by atoms with Crippen LogP contribution in [0.15, 0.2) is 30.3 Å². The highest BCUT2D eigenvalue weighted by Crippen LogP contribution is 2.19. The van der Waals surface area contributed by atoms with Crippen LogP contribution < -0.4 is 14.6 Å². The molecule has 0 aliphatic heterocycles. The van der Waals surface area contributed by atoms with E-state index in [2.05, 4.69) is 8.85 Å². The molecular formula is C18H28IN3O2. The van der Waals surface area contributed by atoms with Crippen molar-refractivity contribution < 1.29 is 9.59 Å². The van der Waals surface area contributed by atoms with Crippen LogP contribution in [0.3, 0.4) is 0 Å². The Kier molecular flexibility index (Phi) is 8.86. The summed E-state index contributed by atoms with van der Waals surface area (Å²) in [6.07, 6.45) is 1.84. The second-order valence-corrected chi connectivity index (χ2v) is 7.58. The number of benzene rings is 1. The van der Waals surface area contributed by atoms with E-state index in [1.165, 1.54) is 0 Å². The lowest BCUT2D eigenvalue weighted by molar-refractivity contribution is -0.133. The summed E-state index contributed by atoms with van der Waals surface area (Å²) in [6.45, 7) is 6.11. The standard InChI is InChI=1S/C18H28IN3O2/c1-18(2,3)16(23)14(10-7-11-20)21-17(24)15(22-19)12-13-8-5-4-6-9-13/h4-6,8-9,14-15,22H,7,10-12,20H2,1-3H3,(H,21,24). The maximum Gasteiger partial charge on any atom is 0.238 e. The molecule has 0 saturated carbocycles. The second kappa shape index (κ2) is 10.1. The zero-order chi connectivity index (χ0) is 18.2. The van der Waals surface area contributed by atoms with Gasteiger partial charge in [-0.2, -0.15) is 0 Å². The van der Waals surface area contributed by atoms with Crippen LogP contribution in [0.25, 0.3) is 0 Å². The van der Waals surface area contributed by atoms with Gasteiger partial charge in [0, 0.05) is 28.3 Å². The lowest BCUT2D eigenvalue weighted by Gasteiger charge is -2.27. The highest BCUT2D eigenvalue weighted by atomic mass is 127. The largest absolute Gasteiger partial charge is 0.345 e. The highest BCUT2D eigenvalue weighted by Gasteiger charge is 2.31. The van der Waals surface area contributed by atoms with Gasteiger partial charge < -0.3 is 11.1 Å². The Morgan fingerprint density at radius 2 is 1.79 bits per heavy atom. The molecule has 0 aromatic heterocycles. The zero-order valence-corrected chi connectivity index (χ0v) is 16.8. The van der Waals surface area contributed by atoms with Crippen molar-refractivity contribution in [3.05, 3.63) is 35.9 Å². The van der Waals surface area contributed by atoms with Gasteiger partial charge in [-0.3, -0.25) is 9.59 Å². The topological polar surface area (TPSA) is 84.2 Å². The van der Waals surface area contributed by atoms with E-state index in [0.29, 0.717) is 25.8 Å². The Hall–Kier alpha value is -0.990. The third kappa shape index (κ3) is 6.86. The number of nitrogens with one attached hydrogen (secondary N) is 2. The lowest BCUT2D eigenvalue weighted by Crippen LogP contribution is -2.51. The van der Waals surface area contributed by atoms with Gasteiger partial charge in [-0.25, -0.2) is 3.53 Å². The summed E-state index contributed by atoms with van der Waals surface area (Å²) in [4.78, 5) is 25.2. The van der Waals surface area contributed by atoms with Crippen LogP contribution in [-0.2, 0) is 16.0 Å². The molecule has 1 rings (SSSR count). The Labute approximate surface area is 158 Å². The number of nitrogens with two attached hydrogens (primary N) is 1. The molecule has 1 aromatic rings. The van der Waals surface area contributed by atoms with Crippen LogP contribution >= 0.6 is 22.9 Å². The Morgan fingerprint density at radius 3 is 2.29 bits per heavy atom. The molecule has 2 unspecified atom stereocenters. The van der Waals surface area contributed by atoms with Gasteiger partial charge >= 0.3 is 0 Å². The van der Waals surface area contributed by atoms with Crippen molar-refractivity contribution in [2.45, 2.75) is 52.1 Å². The third-order valence-corrected chi connectivity index (χ3v) is 4.55. The van der Waals surface area contributed by atoms with Gasteiger partial charge in [-0.05, 0) is 31.4 Å². The molecule has 0 radical (unpaired) electrons. The quantitative estimate of drug-likeness (QED) is 0.403. The van der Waals surface area contributed by atoms with Gasteiger partial charge in [0.05, 0.1) is 12.1 Å². The number of amides is 1. The number of Topliss-reactive ketones (excluding diaryl/α,β-unsaturated/α-hetero) is 1. The van der Waals surface area contributed by atoms with Gasteiger partial charge in [-0.15, -0.1) is 0 Å². The van der Waals surface area contributed by atoms with Crippen LogP contribution in [0.1, 0.15) is 39.2 Å². The van der Waals surface area contributed by atoms with Crippen molar-refractivity contribution in [3.63, 3.8) is 0 Å². The molecule has 134 valence electrons. The predicted octanol–water partition coefficient (Wildman–Crippen LogP) is 2.38. The van der Waals surface area contributed by atoms with Gasteiger partial charge in [0.15, 0.2) is 5.78 Å². The van der Waals surface area contributed by atoms with Crippen molar-refractivity contribution in [1.29, 1.82) is 0 Å². The third-order valence-electron chi connectivity index (χ3n) is 3.80. The first kappa shape index (κ1) is 21.1.